The van der Waals surface area contributed by atoms with Gasteiger partial charge in [0.05, 0.1) is 25.4 Å². The Labute approximate surface area is 110 Å². The molecule has 1 fully saturated rings. The summed E-state index contributed by atoms with van der Waals surface area (Å²) in [6.45, 7) is 1.15. The fourth-order valence-electron chi connectivity index (χ4n) is 1.80. The molecule has 1 N–H and O–H groups in total. The van der Waals surface area contributed by atoms with Crippen LogP contribution in [0.15, 0.2) is 24.3 Å². The van der Waals surface area contributed by atoms with Crippen molar-refractivity contribution in [2.24, 2.45) is 0 Å². The lowest BCUT2D eigenvalue weighted by Crippen LogP contribution is -2.43. The van der Waals surface area contributed by atoms with E-state index in [4.69, 9.17) is 14.6 Å². The van der Waals surface area contributed by atoms with E-state index in [-0.39, 0.29) is 18.1 Å². The number of carbonyl (C=O) groups excluding carboxylic acids is 1. The van der Waals surface area contributed by atoms with Crippen molar-refractivity contribution in [3.05, 3.63) is 29.8 Å². The Balaban J connectivity index is 2.07. The Morgan fingerprint density at radius 3 is 2.47 bits per heavy atom. The van der Waals surface area contributed by atoms with Crippen LogP contribution in [0.2, 0.25) is 0 Å². The molecule has 0 saturated carbocycles. The van der Waals surface area contributed by atoms with Crippen LogP contribution in [0.1, 0.15) is 10.4 Å². The lowest BCUT2D eigenvalue weighted by atomic mass is 10.2. The minimum atomic E-state index is -0.996. The van der Waals surface area contributed by atoms with Crippen LogP contribution in [0.5, 0.6) is 0 Å². The predicted molar refractivity (Wildman–Crippen MR) is 67.4 cm³/mol. The molecular formula is C13H15NO5. The number of carboxylic acids is 1. The maximum absolute atomic E-state index is 12.1. The summed E-state index contributed by atoms with van der Waals surface area (Å²) >= 11 is 0. The molecule has 1 amide bonds. The summed E-state index contributed by atoms with van der Waals surface area (Å²) in [6.07, 6.45) is -0.599. The van der Waals surface area contributed by atoms with Gasteiger partial charge in [-0.2, -0.15) is 0 Å². The average molecular weight is 265 g/mol. The quantitative estimate of drug-likeness (QED) is 0.873. The lowest BCUT2D eigenvalue weighted by molar-refractivity contribution is -0.144. The van der Waals surface area contributed by atoms with Crippen molar-refractivity contribution in [1.82, 2.24) is 0 Å². The van der Waals surface area contributed by atoms with Gasteiger partial charge in [0.15, 0.2) is 6.10 Å². The third-order valence-corrected chi connectivity index (χ3v) is 2.92. The Bertz CT molecular complexity index is 464. The van der Waals surface area contributed by atoms with Crippen molar-refractivity contribution in [2.45, 2.75) is 6.10 Å². The van der Waals surface area contributed by atoms with Crippen LogP contribution in [-0.4, -0.2) is 50.0 Å². The van der Waals surface area contributed by atoms with E-state index >= 15 is 0 Å². The van der Waals surface area contributed by atoms with Crippen molar-refractivity contribution in [1.29, 1.82) is 0 Å². The van der Waals surface area contributed by atoms with E-state index in [2.05, 4.69) is 0 Å². The van der Waals surface area contributed by atoms with Gasteiger partial charge >= 0.3 is 5.97 Å². The number of likely N-dealkylation sites (N-methyl/N-ethyl adjacent to an activating group) is 1. The van der Waals surface area contributed by atoms with Gasteiger partial charge in [0.1, 0.15) is 0 Å². The van der Waals surface area contributed by atoms with E-state index in [0.29, 0.717) is 18.9 Å². The van der Waals surface area contributed by atoms with Crippen molar-refractivity contribution >= 4 is 17.6 Å². The number of benzene rings is 1. The molecule has 0 aliphatic carbocycles. The zero-order chi connectivity index (χ0) is 13.8. The van der Waals surface area contributed by atoms with Crippen LogP contribution in [0.3, 0.4) is 0 Å². The first-order valence-electron chi connectivity index (χ1n) is 5.90. The van der Waals surface area contributed by atoms with Crippen molar-refractivity contribution in [3.63, 3.8) is 0 Å². The zero-order valence-electron chi connectivity index (χ0n) is 10.5. The van der Waals surface area contributed by atoms with Gasteiger partial charge < -0.3 is 19.5 Å². The second kappa shape index (κ2) is 5.81. The molecule has 1 unspecified atom stereocenters. The maximum Gasteiger partial charge on any atom is 0.335 e. The third kappa shape index (κ3) is 3.10. The van der Waals surface area contributed by atoms with E-state index in [0.717, 1.165) is 0 Å². The molecule has 0 aromatic heterocycles. The number of nitrogens with zero attached hydrogens (tertiary/aromatic N) is 1. The monoisotopic (exact) mass is 265 g/mol. The fraction of sp³-hybridized carbons (Fsp3) is 0.385. The molecule has 1 aromatic rings. The van der Waals surface area contributed by atoms with Gasteiger partial charge in [-0.05, 0) is 24.3 Å². The van der Waals surface area contributed by atoms with Gasteiger partial charge in [0.2, 0.25) is 0 Å². The van der Waals surface area contributed by atoms with Gasteiger partial charge in [-0.15, -0.1) is 0 Å². The maximum atomic E-state index is 12.1. The Morgan fingerprint density at radius 1 is 1.26 bits per heavy atom. The lowest BCUT2D eigenvalue weighted by Gasteiger charge is -2.26. The summed E-state index contributed by atoms with van der Waals surface area (Å²) in [7, 11) is 1.62. The smallest absolute Gasteiger partial charge is 0.335 e. The van der Waals surface area contributed by atoms with E-state index in [1.54, 1.807) is 19.2 Å². The molecule has 1 heterocycles. The van der Waals surface area contributed by atoms with E-state index in [9.17, 15) is 9.59 Å². The van der Waals surface area contributed by atoms with Gasteiger partial charge in [-0.1, -0.05) is 0 Å². The molecule has 1 aliphatic heterocycles. The highest BCUT2D eigenvalue weighted by atomic mass is 16.6. The predicted octanol–water partition coefficient (Wildman–Crippen LogP) is 0.763. The molecule has 6 nitrogen and oxygen atoms in total. The van der Waals surface area contributed by atoms with E-state index in [1.165, 1.54) is 17.0 Å². The highest BCUT2D eigenvalue weighted by Gasteiger charge is 2.26. The van der Waals surface area contributed by atoms with Crippen LogP contribution in [-0.2, 0) is 14.3 Å². The first kappa shape index (κ1) is 13.5. The zero-order valence-corrected chi connectivity index (χ0v) is 10.5. The average Bonchev–Trinajstić information content (AvgIpc) is 2.46. The topological polar surface area (TPSA) is 76.1 Å². The minimum absolute atomic E-state index is 0.182. The third-order valence-electron chi connectivity index (χ3n) is 2.92. The molecule has 0 radical (unpaired) electrons. The fourth-order valence-corrected chi connectivity index (χ4v) is 1.80. The van der Waals surface area contributed by atoms with Crippen molar-refractivity contribution in [3.8, 4) is 0 Å². The molecule has 19 heavy (non-hydrogen) atoms. The number of anilines is 1. The van der Waals surface area contributed by atoms with Crippen molar-refractivity contribution in [2.75, 3.05) is 31.8 Å². The molecule has 2 rings (SSSR count). The van der Waals surface area contributed by atoms with E-state index < -0.39 is 12.1 Å². The van der Waals surface area contributed by atoms with Crippen LogP contribution < -0.4 is 4.90 Å². The first-order valence-corrected chi connectivity index (χ1v) is 5.90. The molecule has 102 valence electrons. The highest BCUT2D eigenvalue weighted by Crippen LogP contribution is 2.16. The van der Waals surface area contributed by atoms with Gasteiger partial charge in [-0.3, -0.25) is 4.79 Å². The first-order chi connectivity index (χ1) is 9.09. The normalized spacial score (nSPS) is 18.9. The van der Waals surface area contributed by atoms with Gasteiger partial charge in [-0.25, -0.2) is 4.79 Å². The Hall–Kier alpha value is -1.92. The largest absolute Gasteiger partial charge is 0.478 e. The van der Waals surface area contributed by atoms with Crippen LogP contribution in [0.4, 0.5) is 5.69 Å². The summed E-state index contributed by atoms with van der Waals surface area (Å²) < 4.78 is 10.5. The van der Waals surface area contributed by atoms with Crippen LogP contribution in [0, 0.1) is 0 Å². The van der Waals surface area contributed by atoms with Crippen LogP contribution in [0.25, 0.3) is 0 Å². The Kier molecular flexibility index (Phi) is 4.13. The molecule has 6 heteroatoms. The molecule has 1 atom stereocenters. The summed E-state index contributed by atoms with van der Waals surface area (Å²) in [5.74, 6) is -1.20. The Morgan fingerprint density at radius 2 is 1.95 bits per heavy atom. The number of ether oxygens (including phenoxy) is 2. The molecule has 0 spiro atoms. The number of aromatic carboxylic acids is 1. The van der Waals surface area contributed by atoms with Gasteiger partial charge in [0, 0.05) is 12.7 Å². The number of carbonyl (C=O) groups is 2. The second-order valence-electron chi connectivity index (χ2n) is 4.18. The number of hydrogen-bond donors (Lipinski definition) is 1. The summed E-state index contributed by atoms with van der Waals surface area (Å²) in [5, 5.41) is 8.81. The standard InChI is InChI=1S/C13H15NO5/c1-14(12(15)11-8-18-6-7-19-11)10-4-2-9(3-5-10)13(16)17/h2-5,11H,6-8H2,1H3,(H,16,17). The van der Waals surface area contributed by atoms with Gasteiger partial charge in [0.25, 0.3) is 5.91 Å². The SMILES string of the molecule is CN(C(=O)C1COCCO1)c1ccc(C(=O)O)cc1. The minimum Gasteiger partial charge on any atom is -0.478 e. The molecule has 1 saturated heterocycles. The number of hydrogen-bond acceptors (Lipinski definition) is 4. The summed E-state index contributed by atoms with van der Waals surface area (Å²) in [4.78, 5) is 24.3. The number of rotatable bonds is 3. The molecule has 1 aromatic carbocycles. The summed E-state index contributed by atoms with van der Waals surface area (Å²) in [5.41, 5.74) is 0.797. The second-order valence-corrected chi connectivity index (χ2v) is 4.18. The van der Waals surface area contributed by atoms with Crippen molar-refractivity contribution < 1.29 is 24.2 Å². The number of amides is 1. The van der Waals surface area contributed by atoms with E-state index in [1.807, 2.05) is 0 Å². The highest BCUT2D eigenvalue weighted by molar-refractivity contribution is 5.97. The molecular weight excluding hydrogens is 250 g/mol. The summed E-state index contributed by atoms with van der Waals surface area (Å²) in [6, 6.07) is 6.09. The number of carboxylic acid groups (broad SMARTS) is 1. The molecule has 1 aliphatic rings. The van der Waals surface area contributed by atoms with Crippen LogP contribution >= 0.6 is 0 Å². The molecule has 0 bridgehead atoms.